The zero-order valence-corrected chi connectivity index (χ0v) is 9.06. The molecule has 1 aromatic carbocycles. The normalized spacial score (nSPS) is 29.8. The third-order valence-corrected chi connectivity index (χ3v) is 3.65. The van der Waals surface area contributed by atoms with Crippen LogP contribution in [-0.2, 0) is 4.87 Å². The van der Waals surface area contributed by atoms with Gasteiger partial charge < -0.3 is 0 Å². The van der Waals surface area contributed by atoms with Crippen LogP contribution in [0.5, 0.6) is 0 Å². The molecule has 0 spiro atoms. The largest absolute Gasteiger partial charge is 0.114 e. The number of rotatable bonds is 2. The van der Waals surface area contributed by atoms with Gasteiger partial charge in [0.1, 0.15) is 0 Å². The molecule has 1 saturated carbocycles. The van der Waals surface area contributed by atoms with E-state index < -0.39 is 4.87 Å². The second-order valence-corrected chi connectivity index (χ2v) is 4.52. The molecule has 4 heteroatoms. The number of hydrogen-bond acceptors (Lipinski definition) is 1. The van der Waals surface area contributed by atoms with Crippen LogP contribution < -0.4 is 0 Å². The van der Waals surface area contributed by atoms with Gasteiger partial charge in [-0.15, -0.1) is 11.6 Å². The van der Waals surface area contributed by atoms with E-state index in [1.807, 2.05) is 30.3 Å². The predicted molar refractivity (Wildman–Crippen MR) is 60.8 cm³/mol. The van der Waals surface area contributed by atoms with Gasteiger partial charge in [-0.2, -0.15) is 0 Å². The highest BCUT2D eigenvalue weighted by Crippen LogP contribution is 2.46. The van der Waals surface area contributed by atoms with Crippen LogP contribution in [0, 0.1) is 0 Å². The Hall–Kier alpha value is -1.18. The maximum absolute atomic E-state index is 8.51. The third kappa shape index (κ3) is 1.81. The molecule has 1 fully saturated rings. The fraction of sp³-hybridized carbons (Fsp3) is 0.455. The van der Waals surface area contributed by atoms with E-state index in [1.165, 1.54) is 0 Å². The molecule has 0 radical (unpaired) electrons. The summed E-state index contributed by atoms with van der Waals surface area (Å²) in [5.74, 6) is 0. The first-order chi connectivity index (χ1) is 7.27. The van der Waals surface area contributed by atoms with Crippen LogP contribution in [0.25, 0.3) is 10.4 Å². The molecule has 0 N–H and O–H groups in total. The number of halogens is 1. The van der Waals surface area contributed by atoms with E-state index in [4.69, 9.17) is 17.1 Å². The molecule has 0 aliphatic heterocycles. The Bertz CT molecular complexity index is 386. The van der Waals surface area contributed by atoms with Gasteiger partial charge in [-0.25, -0.2) is 0 Å². The van der Waals surface area contributed by atoms with Gasteiger partial charge in [0.15, 0.2) is 0 Å². The van der Waals surface area contributed by atoms with E-state index in [1.54, 1.807) is 0 Å². The highest BCUT2D eigenvalue weighted by Gasteiger charge is 2.41. The molecule has 15 heavy (non-hydrogen) atoms. The molecule has 3 nitrogen and oxygen atoms in total. The molecule has 0 unspecified atom stereocenters. The van der Waals surface area contributed by atoms with Crippen LogP contribution in [-0.4, -0.2) is 6.04 Å². The van der Waals surface area contributed by atoms with Crippen molar-refractivity contribution < 1.29 is 0 Å². The lowest BCUT2D eigenvalue weighted by Gasteiger charge is -2.26. The van der Waals surface area contributed by atoms with Gasteiger partial charge in [-0.1, -0.05) is 41.9 Å². The van der Waals surface area contributed by atoms with Gasteiger partial charge in [0.05, 0.1) is 10.9 Å². The molecule has 2 rings (SSSR count). The average molecular weight is 222 g/mol. The number of nitrogens with zero attached hydrogens (tertiary/aromatic N) is 3. The molecular weight excluding hydrogens is 210 g/mol. The topological polar surface area (TPSA) is 48.8 Å². The molecule has 0 aromatic heterocycles. The zero-order valence-electron chi connectivity index (χ0n) is 8.31. The molecular formula is C11H12ClN3. The van der Waals surface area contributed by atoms with Gasteiger partial charge in [0.2, 0.25) is 0 Å². The van der Waals surface area contributed by atoms with Crippen molar-refractivity contribution in [2.75, 3.05) is 0 Å². The van der Waals surface area contributed by atoms with Crippen molar-refractivity contribution in [2.24, 2.45) is 5.11 Å². The molecule has 0 amide bonds. The maximum Gasteiger partial charge on any atom is 0.0779 e. The lowest BCUT2D eigenvalue weighted by atomic mass is 9.93. The SMILES string of the molecule is [N-]=[N+]=N[C@H]1CCC[C@]1(Cl)c1ccccc1. The Morgan fingerprint density at radius 2 is 2.13 bits per heavy atom. The molecule has 0 heterocycles. The van der Waals surface area contributed by atoms with Crippen LogP contribution in [0.1, 0.15) is 24.8 Å². The minimum absolute atomic E-state index is 0.119. The Kier molecular flexibility index (Phi) is 2.85. The van der Waals surface area contributed by atoms with E-state index in [2.05, 4.69) is 10.0 Å². The summed E-state index contributed by atoms with van der Waals surface area (Å²) in [6.07, 6.45) is 2.77. The first-order valence-corrected chi connectivity index (χ1v) is 5.44. The van der Waals surface area contributed by atoms with Gasteiger partial charge in [0.25, 0.3) is 0 Å². The minimum atomic E-state index is -0.493. The van der Waals surface area contributed by atoms with E-state index in [0.717, 1.165) is 24.8 Å². The molecule has 2 atom stereocenters. The molecule has 1 aliphatic rings. The molecule has 1 aliphatic carbocycles. The van der Waals surface area contributed by atoms with Crippen LogP contribution in [0.2, 0.25) is 0 Å². The molecule has 78 valence electrons. The fourth-order valence-electron chi connectivity index (χ4n) is 2.21. The predicted octanol–water partition coefficient (Wildman–Crippen LogP) is 3.98. The summed E-state index contributed by atoms with van der Waals surface area (Å²) in [6.45, 7) is 0. The van der Waals surface area contributed by atoms with Crippen molar-refractivity contribution >= 4 is 11.6 Å². The summed E-state index contributed by atoms with van der Waals surface area (Å²) in [7, 11) is 0. The Balaban J connectivity index is 2.37. The van der Waals surface area contributed by atoms with Crippen LogP contribution in [0.15, 0.2) is 35.4 Å². The molecule has 0 bridgehead atoms. The Morgan fingerprint density at radius 1 is 1.40 bits per heavy atom. The quantitative estimate of drug-likeness (QED) is 0.314. The summed E-state index contributed by atoms with van der Waals surface area (Å²) in [6, 6.07) is 9.76. The van der Waals surface area contributed by atoms with Gasteiger partial charge in [0, 0.05) is 4.91 Å². The average Bonchev–Trinajstić information content (AvgIpc) is 2.64. The van der Waals surface area contributed by atoms with Crippen molar-refractivity contribution in [3.8, 4) is 0 Å². The number of azide groups is 1. The molecule has 1 aromatic rings. The second-order valence-electron chi connectivity index (χ2n) is 3.84. The number of alkyl halides is 1. The summed E-state index contributed by atoms with van der Waals surface area (Å²) in [4.78, 5) is 2.39. The van der Waals surface area contributed by atoms with Crippen LogP contribution in [0.3, 0.4) is 0 Å². The summed E-state index contributed by atoms with van der Waals surface area (Å²) >= 11 is 6.58. The smallest absolute Gasteiger partial charge is 0.0779 e. The highest BCUT2D eigenvalue weighted by molar-refractivity contribution is 6.24. The monoisotopic (exact) mass is 221 g/mol. The van der Waals surface area contributed by atoms with Crippen LogP contribution in [0.4, 0.5) is 0 Å². The van der Waals surface area contributed by atoms with Crippen molar-refractivity contribution in [3.05, 3.63) is 46.3 Å². The highest BCUT2D eigenvalue weighted by atomic mass is 35.5. The standard InChI is InChI=1S/C11H12ClN3/c12-11(9-5-2-1-3-6-9)8-4-7-10(11)14-15-13/h1-3,5-6,10H,4,7-8H2/t10-,11-/m0/s1. The minimum Gasteiger partial charge on any atom is -0.114 e. The summed E-state index contributed by atoms with van der Waals surface area (Å²) < 4.78 is 0. The fourth-order valence-corrected chi connectivity index (χ4v) is 2.62. The number of benzene rings is 1. The summed E-state index contributed by atoms with van der Waals surface area (Å²) in [5, 5.41) is 3.80. The third-order valence-electron chi connectivity index (χ3n) is 2.99. The van der Waals surface area contributed by atoms with E-state index in [-0.39, 0.29) is 6.04 Å². The van der Waals surface area contributed by atoms with Crippen LogP contribution >= 0.6 is 11.6 Å². The second kappa shape index (κ2) is 4.13. The first kappa shape index (κ1) is 10.3. The van der Waals surface area contributed by atoms with Crippen molar-refractivity contribution in [1.29, 1.82) is 0 Å². The summed E-state index contributed by atoms with van der Waals surface area (Å²) in [5.41, 5.74) is 9.56. The Labute approximate surface area is 93.7 Å². The first-order valence-electron chi connectivity index (χ1n) is 5.06. The van der Waals surface area contributed by atoms with Crippen molar-refractivity contribution in [3.63, 3.8) is 0 Å². The van der Waals surface area contributed by atoms with E-state index >= 15 is 0 Å². The maximum atomic E-state index is 8.51. The van der Waals surface area contributed by atoms with E-state index in [9.17, 15) is 0 Å². The lowest BCUT2D eigenvalue weighted by molar-refractivity contribution is 0.545. The van der Waals surface area contributed by atoms with Gasteiger partial charge in [-0.3, -0.25) is 0 Å². The lowest BCUT2D eigenvalue weighted by Crippen LogP contribution is -2.26. The van der Waals surface area contributed by atoms with Crippen molar-refractivity contribution in [2.45, 2.75) is 30.2 Å². The zero-order chi connectivity index (χ0) is 10.7. The Morgan fingerprint density at radius 3 is 2.80 bits per heavy atom. The van der Waals surface area contributed by atoms with Gasteiger partial charge >= 0.3 is 0 Å². The van der Waals surface area contributed by atoms with E-state index in [0.29, 0.717) is 0 Å². The molecule has 0 saturated heterocycles. The van der Waals surface area contributed by atoms with Gasteiger partial charge in [-0.05, 0) is 23.9 Å². The van der Waals surface area contributed by atoms with Crippen molar-refractivity contribution in [1.82, 2.24) is 0 Å². The number of hydrogen-bond donors (Lipinski definition) is 0.